The van der Waals surface area contributed by atoms with Crippen molar-refractivity contribution in [1.82, 2.24) is 4.31 Å². The van der Waals surface area contributed by atoms with Crippen LogP contribution in [-0.2, 0) is 10.0 Å². The molecule has 0 aliphatic heterocycles. The summed E-state index contributed by atoms with van der Waals surface area (Å²) in [6.45, 7) is 2.38. The normalized spacial score (nSPS) is 16.4. The second-order valence-electron chi connectivity index (χ2n) is 4.30. The van der Waals surface area contributed by atoms with Gasteiger partial charge < -0.3 is 0 Å². The monoisotopic (exact) mass is 317 g/mol. The summed E-state index contributed by atoms with van der Waals surface area (Å²) in [5, 5.41) is 0.675. The van der Waals surface area contributed by atoms with Crippen molar-refractivity contribution in [3.8, 4) is 0 Å². The third-order valence-corrected chi connectivity index (χ3v) is 5.41. The van der Waals surface area contributed by atoms with Crippen molar-refractivity contribution in [2.45, 2.75) is 30.7 Å². The Bertz CT molecular complexity index is 497. The molecule has 5 heteroatoms. The van der Waals surface area contributed by atoms with Gasteiger partial charge in [-0.05, 0) is 31.4 Å². The van der Waals surface area contributed by atoms with Crippen LogP contribution in [0, 0.1) is 6.92 Å². The average molecular weight is 318 g/mol. The number of sulfonamides is 1. The maximum atomic E-state index is 12.5. The van der Waals surface area contributed by atoms with Crippen molar-refractivity contribution < 1.29 is 8.42 Å². The first-order chi connectivity index (χ1) is 8.07. The molecule has 1 aliphatic carbocycles. The molecule has 1 saturated carbocycles. The number of hydrogen-bond acceptors (Lipinski definition) is 2. The number of halogens is 1. The minimum absolute atomic E-state index is 0.206. The van der Waals surface area contributed by atoms with Crippen LogP contribution in [0.3, 0.4) is 0 Å². The van der Waals surface area contributed by atoms with Crippen LogP contribution in [0.1, 0.15) is 18.4 Å². The number of aryl methyl sites for hydroxylation is 1. The van der Waals surface area contributed by atoms with Crippen LogP contribution in [0.2, 0.25) is 0 Å². The number of nitrogens with zero attached hydrogens (tertiary/aromatic N) is 1. The molecule has 0 spiro atoms. The highest BCUT2D eigenvalue weighted by Gasteiger charge is 2.37. The van der Waals surface area contributed by atoms with Crippen LogP contribution in [0.25, 0.3) is 0 Å². The predicted octanol–water partition coefficient (Wildman–Crippen LogP) is 2.54. The second-order valence-corrected chi connectivity index (χ2v) is 6.95. The van der Waals surface area contributed by atoms with Crippen LogP contribution in [0.5, 0.6) is 0 Å². The summed E-state index contributed by atoms with van der Waals surface area (Å²) in [5.74, 6) is 0. The van der Waals surface area contributed by atoms with Gasteiger partial charge in [0.25, 0.3) is 0 Å². The summed E-state index contributed by atoms with van der Waals surface area (Å²) in [6.07, 6.45) is 1.97. The van der Waals surface area contributed by atoms with Crippen molar-refractivity contribution in [3.05, 3.63) is 29.8 Å². The van der Waals surface area contributed by atoms with E-state index in [0.29, 0.717) is 16.8 Å². The van der Waals surface area contributed by atoms with Crippen LogP contribution >= 0.6 is 15.9 Å². The molecule has 0 unspecified atom stereocenters. The molecule has 94 valence electrons. The van der Waals surface area contributed by atoms with E-state index in [1.807, 2.05) is 19.1 Å². The molecule has 1 aromatic rings. The van der Waals surface area contributed by atoms with Gasteiger partial charge in [0.15, 0.2) is 0 Å². The second kappa shape index (κ2) is 5.08. The topological polar surface area (TPSA) is 37.4 Å². The summed E-state index contributed by atoms with van der Waals surface area (Å²) >= 11 is 3.32. The smallest absolute Gasteiger partial charge is 0.207 e. The Morgan fingerprint density at radius 2 is 2.00 bits per heavy atom. The first-order valence-electron chi connectivity index (χ1n) is 5.71. The highest BCUT2D eigenvalue weighted by atomic mass is 79.9. The highest BCUT2D eigenvalue weighted by molar-refractivity contribution is 9.09. The fourth-order valence-electron chi connectivity index (χ4n) is 1.92. The van der Waals surface area contributed by atoms with Gasteiger partial charge in [-0.3, -0.25) is 0 Å². The van der Waals surface area contributed by atoms with Crippen molar-refractivity contribution in [2.24, 2.45) is 0 Å². The summed E-state index contributed by atoms with van der Waals surface area (Å²) in [5.41, 5.74) is 0.813. The van der Waals surface area contributed by atoms with Gasteiger partial charge in [-0.25, -0.2) is 8.42 Å². The Morgan fingerprint density at radius 3 is 2.53 bits per heavy atom. The first-order valence-corrected chi connectivity index (χ1v) is 8.27. The van der Waals surface area contributed by atoms with Crippen molar-refractivity contribution >= 4 is 26.0 Å². The molecule has 3 nitrogen and oxygen atoms in total. The molecule has 1 aliphatic rings. The fraction of sp³-hybridized carbons (Fsp3) is 0.500. The van der Waals surface area contributed by atoms with E-state index in [9.17, 15) is 8.42 Å². The third kappa shape index (κ3) is 2.72. The first kappa shape index (κ1) is 13.1. The number of alkyl halides is 1. The maximum absolute atomic E-state index is 12.5. The van der Waals surface area contributed by atoms with Crippen LogP contribution in [0.15, 0.2) is 29.2 Å². The molecule has 0 radical (unpaired) electrons. The van der Waals surface area contributed by atoms with Crippen molar-refractivity contribution in [2.75, 3.05) is 11.9 Å². The lowest BCUT2D eigenvalue weighted by Crippen LogP contribution is -2.35. The molecule has 0 atom stereocenters. The Balaban J connectivity index is 2.37. The van der Waals surface area contributed by atoms with Gasteiger partial charge in [0.2, 0.25) is 10.0 Å². The minimum Gasteiger partial charge on any atom is -0.207 e. The molecule has 1 fully saturated rings. The van der Waals surface area contributed by atoms with Crippen LogP contribution in [-0.4, -0.2) is 30.6 Å². The van der Waals surface area contributed by atoms with Gasteiger partial charge in [-0.15, -0.1) is 0 Å². The number of benzene rings is 1. The summed E-state index contributed by atoms with van der Waals surface area (Å²) in [4.78, 5) is 0.438. The van der Waals surface area contributed by atoms with Crippen molar-refractivity contribution in [1.29, 1.82) is 0 Å². The standard InChI is InChI=1S/C12H16BrNO2S/c1-10-4-2-3-5-12(10)17(15,16)14(9-8-13)11-6-7-11/h2-5,11H,6-9H2,1H3. The quantitative estimate of drug-likeness (QED) is 0.783. The zero-order chi connectivity index (χ0) is 12.5. The minimum atomic E-state index is -3.33. The maximum Gasteiger partial charge on any atom is 0.243 e. The molecule has 0 bridgehead atoms. The molecule has 2 rings (SSSR count). The van der Waals surface area contributed by atoms with E-state index in [2.05, 4.69) is 15.9 Å². The van der Waals surface area contributed by atoms with E-state index in [4.69, 9.17) is 0 Å². The zero-order valence-corrected chi connectivity index (χ0v) is 12.2. The Hall–Kier alpha value is -0.390. The Morgan fingerprint density at radius 1 is 1.35 bits per heavy atom. The average Bonchev–Trinajstić information content (AvgIpc) is 3.10. The zero-order valence-electron chi connectivity index (χ0n) is 9.77. The van der Waals surface area contributed by atoms with E-state index in [1.165, 1.54) is 0 Å². The van der Waals surface area contributed by atoms with Crippen LogP contribution < -0.4 is 0 Å². The number of rotatable bonds is 5. The van der Waals surface area contributed by atoms with Gasteiger partial charge in [0.1, 0.15) is 0 Å². The lowest BCUT2D eigenvalue weighted by atomic mass is 10.2. The summed E-state index contributed by atoms with van der Waals surface area (Å²) in [7, 11) is -3.33. The summed E-state index contributed by atoms with van der Waals surface area (Å²) < 4.78 is 26.7. The molecule has 1 aromatic carbocycles. The summed E-state index contributed by atoms with van der Waals surface area (Å²) in [6, 6.07) is 7.37. The lowest BCUT2D eigenvalue weighted by Gasteiger charge is -2.21. The van der Waals surface area contributed by atoms with E-state index in [0.717, 1.165) is 18.4 Å². The van der Waals surface area contributed by atoms with Gasteiger partial charge >= 0.3 is 0 Å². The van der Waals surface area contributed by atoms with Crippen molar-refractivity contribution in [3.63, 3.8) is 0 Å². The molecule has 0 heterocycles. The fourth-order valence-corrected chi connectivity index (χ4v) is 4.45. The van der Waals surface area contributed by atoms with Gasteiger partial charge in [-0.2, -0.15) is 4.31 Å². The van der Waals surface area contributed by atoms with E-state index < -0.39 is 10.0 Å². The van der Waals surface area contributed by atoms with E-state index in [-0.39, 0.29) is 6.04 Å². The van der Waals surface area contributed by atoms with E-state index in [1.54, 1.807) is 16.4 Å². The Labute approximate surface area is 111 Å². The van der Waals surface area contributed by atoms with Crippen LogP contribution in [0.4, 0.5) is 0 Å². The molecule has 0 saturated heterocycles. The highest BCUT2D eigenvalue weighted by Crippen LogP contribution is 2.32. The molecule has 17 heavy (non-hydrogen) atoms. The van der Waals surface area contributed by atoms with Gasteiger partial charge in [-0.1, -0.05) is 34.1 Å². The Kier molecular flexibility index (Phi) is 3.90. The predicted molar refractivity (Wildman–Crippen MR) is 71.9 cm³/mol. The molecular weight excluding hydrogens is 302 g/mol. The molecule has 0 N–H and O–H groups in total. The molecular formula is C12H16BrNO2S. The SMILES string of the molecule is Cc1ccccc1S(=O)(=O)N(CCBr)C1CC1. The van der Waals surface area contributed by atoms with Gasteiger partial charge in [0, 0.05) is 17.9 Å². The molecule has 0 aromatic heterocycles. The molecule has 0 amide bonds. The number of hydrogen-bond donors (Lipinski definition) is 0. The van der Waals surface area contributed by atoms with Gasteiger partial charge in [0.05, 0.1) is 4.90 Å². The third-order valence-electron chi connectivity index (χ3n) is 2.94. The lowest BCUT2D eigenvalue weighted by molar-refractivity contribution is 0.424. The van der Waals surface area contributed by atoms with E-state index >= 15 is 0 Å². The largest absolute Gasteiger partial charge is 0.243 e.